The predicted molar refractivity (Wildman–Crippen MR) is 100.0 cm³/mol. The zero-order chi connectivity index (χ0) is 18.4. The van der Waals surface area contributed by atoms with E-state index in [1.165, 1.54) is 4.57 Å². The van der Waals surface area contributed by atoms with Crippen molar-refractivity contribution in [1.29, 1.82) is 0 Å². The maximum Gasteiger partial charge on any atom is 0.253 e. The minimum absolute atomic E-state index is 0.0346. The van der Waals surface area contributed by atoms with Gasteiger partial charge in [-0.15, -0.1) is 0 Å². The zero-order valence-corrected chi connectivity index (χ0v) is 14.7. The van der Waals surface area contributed by atoms with Gasteiger partial charge in [0, 0.05) is 24.9 Å². The van der Waals surface area contributed by atoms with E-state index < -0.39 is 6.10 Å². The van der Waals surface area contributed by atoms with Gasteiger partial charge in [-0.25, -0.2) is 4.98 Å². The summed E-state index contributed by atoms with van der Waals surface area (Å²) in [5.74, 6) is 0.473. The Kier molecular flexibility index (Phi) is 5.81. The van der Waals surface area contributed by atoms with Crippen LogP contribution in [0, 0.1) is 0 Å². The van der Waals surface area contributed by atoms with Crippen LogP contribution in [-0.4, -0.2) is 14.7 Å². The van der Waals surface area contributed by atoms with E-state index in [4.69, 9.17) is 4.74 Å². The van der Waals surface area contributed by atoms with Gasteiger partial charge in [0.1, 0.15) is 6.61 Å². The van der Waals surface area contributed by atoms with Crippen molar-refractivity contribution in [3.8, 4) is 5.88 Å². The highest BCUT2D eigenvalue weighted by Gasteiger charge is 2.12. The molecular formula is C21H22N2O3. The molecule has 3 aromatic rings. The van der Waals surface area contributed by atoms with Crippen molar-refractivity contribution < 1.29 is 9.84 Å². The molecule has 0 aliphatic heterocycles. The van der Waals surface area contributed by atoms with E-state index in [2.05, 4.69) is 4.98 Å². The van der Waals surface area contributed by atoms with Crippen LogP contribution in [0.4, 0.5) is 0 Å². The summed E-state index contributed by atoms with van der Waals surface area (Å²) in [6.07, 6.45) is 1.89. The van der Waals surface area contributed by atoms with E-state index in [1.54, 1.807) is 31.4 Å². The molecule has 0 aliphatic rings. The topological polar surface area (TPSA) is 64.3 Å². The van der Waals surface area contributed by atoms with Gasteiger partial charge < -0.3 is 14.4 Å². The van der Waals surface area contributed by atoms with E-state index in [1.807, 2.05) is 42.5 Å². The normalized spacial score (nSPS) is 11.9. The lowest BCUT2D eigenvalue weighted by molar-refractivity contribution is 0.161. The molecule has 2 heterocycles. The number of rotatable bonds is 7. The van der Waals surface area contributed by atoms with Gasteiger partial charge in [-0.05, 0) is 30.5 Å². The number of aryl methyl sites for hydroxylation is 2. The number of nitrogens with zero attached hydrogens (tertiary/aromatic N) is 2. The first-order valence-corrected chi connectivity index (χ1v) is 8.60. The van der Waals surface area contributed by atoms with Crippen molar-refractivity contribution in [2.24, 2.45) is 7.05 Å². The van der Waals surface area contributed by atoms with E-state index in [0.29, 0.717) is 36.6 Å². The molecule has 0 saturated carbocycles. The zero-order valence-electron chi connectivity index (χ0n) is 14.7. The van der Waals surface area contributed by atoms with Crippen LogP contribution in [0.25, 0.3) is 0 Å². The van der Waals surface area contributed by atoms with Crippen molar-refractivity contribution in [3.63, 3.8) is 0 Å². The average molecular weight is 350 g/mol. The fourth-order valence-electron chi connectivity index (χ4n) is 2.71. The van der Waals surface area contributed by atoms with Crippen LogP contribution in [0.5, 0.6) is 5.88 Å². The average Bonchev–Trinajstić information content (AvgIpc) is 2.68. The molecule has 0 bridgehead atoms. The highest BCUT2D eigenvalue weighted by Crippen LogP contribution is 2.19. The highest BCUT2D eigenvalue weighted by molar-refractivity contribution is 5.20. The van der Waals surface area contributed by atoms with Gasteiger partial charge in [-0.3, -0.25) is 4.79 Å². The molecule has 5 heteroatoms. The predicted octanol–water partition coefficient (Wildman–Crippen LogP) is 3.03. The monoisotopic (exact) mass is 350 g/mol. The molecular weight excluding hydrogens is 328 g/mol. The number of ether oxygens (including phenoxy) is 1. The number of hydrogen-bond donors (Lipinski definition) is 1. The Bertz CT molecular complexity index is 906. The third-order valence-electron chi connectivity index (χ3n) is 4.21. The Morgan fingerprint density at radius 2 is 1.88 bits per heavy atom. The summed E-state index contributed by atoms with van der Waals surface area (Å²) >= 11 is 0. The van der Waals surface area contributed by atoms with Crippen LogP contribution in [-0.2, 0) is 20.1 Å². The minimum Gasteiger partial charge on any atom is -0.473 e. The first-order chi connectivity index (χ1) is 12.6. The number of pyridine rings is 2. The SMILES string of the molecule is Cn1cccc(CCC(O)c2cccc(OCc3ccccc3)n2)c1=O. The molecule has 1 unspecified atom stereocenters. The molecule has 1 N–H and O–H groups in total. The molecule has 3 rings (SSSR count). The lowest BCUT2D eigenvalue weighted by atomic mass is 10.1. The first kappa shape index (κ1) is 17.9. The van der Waals surface area contributed by atoms with Crippen LogP contribution in [0.2, 0.25) is 0 Å². The lowest BCUT2D eigenvalue weighted by Gasteiger charge is -2.12. The second kappa shape index (κ2) is 8.45. The molecule has 0 fully saturated rings. The van der Waals surface area contributed by atoms with Crippen molar-refractivity contribution in [1.82, 2.24) is 9.55 Å². The van der Waals surface area contributed by atoms with Crippen molar-refractivity contribution in [2.45, 2.75) is 25.6 Å². The van der Waals surface area contributed by atoms with Gasteiger partial charge in [-0.2, -0.15) is 0 Å². The summed E-state index contributed by atoms with van der Waals surface area (Å²) in [5, 5.41) is 10.4. The summed E-state index contributed by atoms with van der Waals surface area (Å²) in [4.78, 5) is 16.4. The van der Waals surface area contributed by atoms with E-state index in [0.717, 1.165) is 5.56 Å². The largest absolute Gasteiger partial charge is 0.473 e. The summed E-state index contributed by atoms with van der Waals surface area (Å²) < 4.78 is 7.24. The van der Waals surface area contributed by atoms with E-state index in [9.17, 15) is 9.90 Å². The molecule has 26 heavy (non-hydrogen) atoms. The van der Waals surface area contributed by atoms with Crippen molar-refractivity contribution >= 4 is 0 Å². The van der Waals surface area contributed by atoms with Crippen molar-refractivity contribution in [3.05, 3.63) is 94.0 Å². The molecule has 2 aromatic heterocycles. The summed E-state index contributed by atoms with van der Waals surface area (Å²) in [7, 11) is 1.72. The summed E-state index contributed by atoms with van der Waals surface area (Å²) in [5.41, 5.74) is 2.25. The number of aliphatic hydroxyl groups excluding tert-OH is 1. The molecule has 0 saturated heterocycles. The molecule has 5 nitrogen and oxygen atoms in total. The second-order valence-corrected chi connectivity index (χ2v) is 6.18. The number of hydrogen-bond acceptors (Lipinski definition) is 4. The van der Waals surface area contributed by atoms with Crippen LogP contribution in [0.1, 0.15) is 29.3 Å². The molecule has 0 spiro atoms. The highest BCUT2D eigenvalue weighted by atomic mass is 16.5. The van der Waals surface area contributed by atoms with Crippen LogP contribution >= 0.6 is 0 Å². The Hall–Kier alpha value is -2.92. The van der Waals surface area contributed by atoms with Gasteiger partial charge in [0.25, 0.3) is 5.56 Å². The molecule has 0 aliphatic carbocycles. The Balaban J connectivity index is 1.61. The third kappa shape index (κ3) is 4.58. The maximum absolute atomic E-state index is 12.0. The van der Waals surface area contributed by atoms with E-state index in [-0.39, 0.29) is 5.56 Å². The molecule has 0 amide bonds. The smallest absolute Gasteiger partial charge is 0.253 e. The van der Waals surface area contributed by atoms with Gasteiger partial charge in [0.15, 0.2) is 0 Å². The van der Waals surface area contributed by atoms with Gasteiger partial charge in [-0.1, -0.05) is 42.5 Å². The minimum atomic E-state index is -0.750. The quantitative estimate of drug-likeness (QED) is 0.711. The fourth-order valence-corrected chi connectivity index (χ4v) is 2.71. The van der Waals surface area contributed by atoms with E-state index >= 15 is 0 Å². The fraction of sp³-hybridized carbons (Fsp3) is 0.238. The van der Waals surface area contributed by atoms with Gasteiger partial charge >= 0.3 is 0 Å². The second-order valence-electron chi connectivity index (χ2n) is 6.18. The Morgan fingerprint density at radius 3 is 2.69 bits per heavy atom. The van der Waals surface area contributed by atoms with Crippen LogP contribution < -0.4 is 10.3 Å². The molecule has 134 valence electrons. The first-order valence-electron chi connectivity index (χ1n) is 8.60. The van der Waals surface area contributed by atoms with Gasteiger partial charge in [0.2, 0.25) is 5.88 Å². The molecule has 1 aromatic carbocycles. The summed E-state index contributed by atoms with van der Waals surface area (Å²) in [6.45, 7) is 0.424. The van der Waals surface area contributed by atoms with Crippen LogP contribution in [0.15, 0.2) is 71.7 Å². The van der Waals surface area contributed by atoms with Crippen LogP contribution in [0.3, 0.4) is 0 Å². The molecule has 0 radical (unpaired) electrons. The standard InChI is InChI=1S/C21H22N2O3/c1-23-14-6-9-17(21(23)25)12-13-19(24)18-10-5-11-20(22-18)26-15-16-7-3-2-4-8-16/h2-11,14,19,24H,12-13,15H2,1H3. The Morgan fingerprint density at radius 1 is 1.08 bits per heavy atom. The van der Waals surface area contributed by atoms with Crippen molar-refractivity contribution in [2.75, 3.05) is 0 Å². The number of aromatic nitrogens is 2. The lowest BCUT2D eigenvalue weighted by Crippen LogP contribution is -2.20. The number of benzene rings is 1. The molecule has 1 atom stereocenters. The summed E-state index contributed by atoms with van der Waals surface area (Å²) in [6, 6.07) is 18.8. The van der Waals surface area contributed by atoms with Gasteiger partial charge in [0.05, 0.1) is 11.8 Å². The number of aliphatic hydroxyl groups is 1. The maximum atomic E-state index is 12.0. The third-order valence-corrected chi connectivity index (χ3v) is 4.21. The Labute approximate surface area is 152 Å².